The Balaban J connectivity index is 1.98. The number of methoxy groups -OCH3 is 1. The molecule has 1 N–H and O–H groups in total. The molecule has 1 atom stereocenters. The number of nitrogens with zero attached hydrogens (tertiary/aromatic N) is 2. The first-order valence-electron chi connectivity index (χ1n) is 11.3. The van der Waals surface area contributed by atoms with E-state index in [2.05, 4.69) is 16.8 Å². The first-order chi connectivity index (χ1) is 16.5. The fraction of sp³-hybridized carbons (Fsp3) is 0.321. The Morgan fingerprint density at radius 3 is 2.34 bits per heavy atom. The van der Waals surface area contributed by atoms with Gasteiger partial charge in [-0.1, -0.05) is 54.8 Å². The largest absolute Gasteiger partial charge is 0.478 e. The lowest BCUT2D eigenvalue weighted by atomic mass is 9.93. The van der Waals surface area contributed by atoms with Crippen LogP contribution in [0.15, 0.2) is 48.5 Å². The summed E-state index contributed by atoms with van der Waals surface area (Å²) in [7, 11) is 1.57. The van der Waals surface area contributed by atoms with E-state index < -0.39 is 11.6 Å². The highest BCUT2D eigenvalue weighted by Gasteiger charge is 2.24. The molecule has 0 radical (unpaired) electrons. The van der Waals surface area contributed by atoms with Crippen molar-refractivity contribution in [1.29, 1.82) is 0 Å². The second kappa shape index (κ2) is 10.9. The van der Waals surface area contributed by atoms with E-state index in [-0.39, 0.29) is 29.0 Å². The van der Waals surface area contributed by atoms with Crippen molar-refractivity contribution in [2.45, 2.75) is 52.2 Å². The zero-order valence-electron chi connectivity index (χ0n) is 20.6. The van der Waals surface area contributed by atoms with Crippen molar-refractivity contribution in [2.24, 2.45) is 0 Å². The molecule has 6 nitrogen and oxygen atoms in total. The maximum absolute atomic E-state index is 13.6. The number of hydrogen-bond acceptors (Lipinski definition) is 4. The molecule has 0 aliphatic rings. The van der Waals surface area contributed by atoms with E-state index in [0.29, 0.717) is 17.9 Å². The van der Waals surface area contributed by atoms with Gasteiger partial charge in [-0.25, -0.2) is 9.78 Å². The quantitative estimate of drug-likeness (QED) is 0.320. The van der Waals surface area contributed by atoms with E-state index in [9.17, 15) is 9.59 Å². The number of carbonyl (C=O) groups is 2. The molecule has 3 rings (SSSR count). The van der Waals surface area contributed by atoms with Crippen molar-refractivity contribution in [1.82, 2.24) is 9.55 Å². The molecule has 0 spiro atoms. The SMILES string of the molecule is COC(C)(C)C#Cc1nc(Cl)n(Cc2ccc(C)cc2)c1C(=O)C[C@@H](C)c1ccc(C(=O)O)cc1. The fourth-order valence-electron chi connectivity index (χ4n) is 3.52. The lowest BCUT2D eigenvalue weighted by molar-refractivity contribution is 0.0696. The van der Waals surface area contributed by atoms with Crippen LogP contribution in [0.3, 0.4) is 0 Å². The van der Waals surface area contributed by atoms with Crippen LogP contribution in [-0.2, 0) is 11.3 Å². The Kier molecular flexibility index (Phi) is 8.16. The normalized spacial score (nSPS) is 12.1. The topological polar surface area (TPSA) is 81.4 Å². The molecule has 7 heteroatoms. The fourth-order valence-corrected chi connectivity index (χ4v) is 3.75. The van der Waals surface area contributed by atoms with Crippen LogP contribution in [0.5, 0.6) is 0 Å². The molecule has 35 heavy (non-hydrogen) atoms. The van der Waals surface area contributed by atoms with Crippen molar-refractivity contribution in [3.05, 3.63) is 87.5 Å². The summed E-state index contributed by atoms with van der Waals surface area (Å²) in [5.41, 5.74) is 3.14. The van der Waals surface area contributed by atoms with Crippen LogP contribution in [-0.4, -0.2) is 39.1 Å². The molecule has 0 amide bonds. The average molecular weight is 493 g/mol. The number of aromatic carboxylic acids is 1. The highest BCUT2D eigenvalue weighted by molar-refractivity contribution is 6.29. The Morgan fingerprint density at radius 2 is 1.77 bits per heavy atom. The van der Waals surface area contributed by atoms with Crippen LogP contribution in [0, 0.1) is 18.8 Å². The monoisotopic (exact) mass is 492 g/mol. The molecule has 0 aliphatic heterocycles. The Bertz CT molecular complexity index is 1280. The molecule has 2 aromatic carbocycles. The molecule has 1 heterocycles. The maximum atomic E-state index is 13.6. The smallest absolute Gasteiger partial charge is 0.335 e. The van der Waals surface area contributed by atoms with Gasteiger partial charge in [-0.15, -0.1) is 0 Å². The zero-order valence-corrected chi connectivity index (χ0v) is 21.3. The number of halogens is 1. The third kappa shape index (κ3) is 6.60. The van der Waals surface area contributed by atoms with Gasteiger partial charge >= 0.3 is 5.97 Å². The number of aryl methyl sites for hydroxylation is 1. The van der Waals surface area contributed by atoms with Crippen LogP contribution in [0.1, 0.15) is 76.3 Å². The van der Waals surface area contributed by atoms with E-state index in [4.69, 9.17) is 21.4 Å². The predicted octanol–water partition coefficient (Wildman–Crippen LogP) is 5.74. The van der Waals surface area contributed by atoms with Gasteiger partial charge < -0.3 is 14.4 Å². The van der Waals surface area contributed by atoms with Gasteiger partial charge in [0.15, 0.2) is 5.78 Å². The number of Topliss-reactive ketones (excluding diaryl/α,β-unsaturated/α-hetero) is 1. The average Bonchev–Trinajstić information content (AvgIpc) is 3.14. The number of carboxylic acids is 1. The number of hydrogen-bond donors (Lipinski definition) is 1. The standard InChI is InChI=1S/C28H29ClN2O4/c1-18-6-8-20(9-7-18)17-31-25(23(30-27(31)29)14-15-28(3,4)35-5)24(32)16-19(2)21-10-12-22(13-11-21)26(33)34/h6-13,19H,16-17H2,1-5H3,(H,33,34)/t19-/m1/s1. The lowest BCUT2D eigenvalue weighted by Gasteiger charge is -2.15. The van der Waals surface area contributed by atoms with Crippen molar-refractivity contribution in [2.75, 3.05) is 7.11 Å². The summed E-state index contributed by atoms with van der Waals surface area (Å²) in [4.78, 5) is 29.1. The number of ketones is 1. The van der Waals surface area contributed by atoms with Crippen LogP contribution in [0.4, 0.5) is 0 Å². The highest BCUT2D eigenvalue weighted by atomic mass is 35.5. The van der Waals surface area contributed by atoms with Gasteiger partial charge in [0.2, 0.25) is 5.28 Å². The summed E-state index contributed by atoms with van der Waals surface area (Å²) in [5, 5.41) is 9.32. The van der Waals surface area contributed by atoms with Gasteiger partial charge in [-0.2, -0.15) is 0 Å². The van der Waals surface area contributed by atoms with Gasteiger partial charge in [0, 0.05) is 13.5 Å². The Hall–Kier alpha value is -3.40. The van der Waals surface area contributed by atoms with Crippen LogP contribution < -0.4 is 0 Å². The second-order valence-corrected chi connectivity index (χ2v) is 9.41. The summed E-state index contributed by atoms with van der Waals surface area (Å²) >= 11 is 6.50. The summed E-state index contributed by atoms with van der Waals surface area (Å²) in [6, 6.07) is 14.6. The van der Waals surface area contributed by atoms with Gasteiger partial charge in [0.1, 0.15) is 17.0 Å². The number of carboxylic acid groups (broad SMARTS) is 1. The maximum Gasteiger partial charge on any atom is 0.335 e. The van der Waals surface area contributed by atoms with E-state index >= 15 is 0 Å². The Morgan fingerprint density at radius 1 is 1.14 bits per heavy atom. The van der Waals surface area contributed by atoms with Gasteiger partial charge in [-0.3, -0.25) is 4.79 Å². The number of aromatic nitrogens is 2. The minimum atomic E-state index is -0.989. The first kappa shape index (κ1) is 26.2. The molecule has 182 valence electrons. The van der Waals surface area contributed by atoms with Crippen LogP contribution >= 0.6 is 11.6 Å². The minimum absolute atomic E-state index is 0.147. The highest BCUT2D eigenvalue weighted by Crippen LogP contribution is 2.26. The van der Waals surface area contributed by atoms with Crippen molar-refractivity contribution in [3.63, 3.8) is 0 Å². The molecule has 0 saturated carbocycles. The number of imidazole rings is 1. The van der Waals surface area contributed by atoms with Gasteiger partial charge in [0.25, 0.3) is 0 Å². The summed E-state index contributed by atoms with van der Waals surface area (Å²) in [6.45, 7) is 7.97. The number of ether oxygens (including phenoxy) is 1. The lowest BCUT2D eigenvalue weighted by Crippen LogP contribution is -2.19. The van der Waals surface area contributed by atoms with Crippen LogP contribution in [0.2, 0.25) is 5.28 Å². The third-order valence-corrected chi connectivity index (χ3v) is 6.15. The molecule has 0 bridgehead atoms. The molecule has 0 unspecified atom stereocenters. The van der Waals surface area contributed by atoms with Crippen LogP contribution in [0.25, 0.3) is 0 Å². The van der Waals surface area contributed by atoms with Crippen molar-refractivity contribution < 1.29 is 19.4 Å². The van der Waals surface area contributed by atoms with Gasteiger partial charge in [-0.05, 0) is 67.5 Å². The van der Waals surface area contributed by atoms with E-state index in [1.807, 2.05) is 52.0 Å². The molecular formula is C28H29ClN2O4. The Labute approximate surface area is 210 Å². The number of rotatable bonds is 8. The summed E-state index contributed by atoms with van der Waals surface area (Å²) in [5.74, 6) is 4.73. The van der Waals surface area contributed by atoms with E-state index in [1.54, 1.807) is 35.9 Å². The molecule has 0 saturated heterocycles. The predicted molar refractivity (Wildman–Crippen MR) is 136 cm³/mol. The molecular weight excluding hydrogens is 464 g/mol. The molecule has 1 aromatic heterocycles. The number of benzene rings is 2. The van der Waals surface area contributed by atoms with Gasteiger partial charge in [0.05, 0.1) is 12.1 Å². The minimum Gasteiger partial charge on any atom is -0.478 e. The number of carbonyl (C=O) groups excluding carboxylic acids is 1. The van der Waals surface area contributed by atoms with Crippen molar-refractivity contribution in [3.8, 4) is 11.8 Å². The molecule has 0 fully saturated rings. The van der Waals surface area contributed by atoms with E-state index in [0.717, 1.165) is 16.7 Å². The molecule has 0 aliphatic carbocycles. The second-order valence-electron chi connectivity index (χ2n) is 9.07. The zero-order chi connectivity index (χ0) is 25.8. The summed E-state index contributed by atoms with van der Waals surface area (Å²) in [6.07, 6.45) is 0.185. The third-order valence-electron chi connectivity index (χ3n) is 5.86. The van der Waals surface area contributed by atoms with E-state index in [1.165, 1.54) is 0 Å². The first-order valence-corrected chi connectivity index (χ1v) is 11.6. The summed E-state index contributed by atoms with van der Waals surface area (Å²) < 4.78 is 7.08. The van der Waals surface area contributed by atoms with Crippen molar-refractivity contribution >= 4 is 23.4 Å². The molecule has 3 aromatic rings.